The maximum Gasteiger partial charge on any atom is 0.156 e. The predicted molar refractivity (Wildman–Crippen MR) is 101 cm³/mol. The van der Waals surface area contributed by atoms with E-state index in [2.05, 4.69) is 32.3 Å². The molecule has 3 heteroatoms. The molecule has 1 heterocycles. The van der Waals surface area contributed by atoms with Crippen molar-refractivity contribution in [2.45, 2.75) is 64.6 Å². The van der Waals surface area contributed by atoms with Crippen molar-refractivity contribution in [1.82, 2.24) is 0 Å². The lowest BCUT2D eigenvalue weighted by Gasteiger charge is -2.53. The van der Waals surface area contributed by atoms with E-state index in [9.17, 15) is 9.90 Å². The molecular formula is C23H28O3. The zero-order chi connectivity index (χ0) is 18.7. The van der Waals surface area contributed by atoms with Crippen LogP contribution in [0.2, 0.25) is 0 Å². The Kier molecular flexibility index (Phi) is 4.06. The zero-order valence-electron chi connectivity index (χ0n) is 16.0. The minimum atomic E-state index is -0.960. The second kappa shape index (κ2) is 5.94. The summed E-state index contributed by atoms with van der Waals surface area (Å²) in [6.45, 7) is 10.8. The first-order valence-corrected chi connectivity index (χ1v) is 9.71. The maximum atomic E-state index is 11.9. The molecule has 5 atom stereocenters. The summed E-state index contributed by atoms with van der Waals surface area (Å²) in [6.07, 6.45) is 5.64. The van der Waals surface area contributed by atoms with Crippen LogP contribution < -0.4 is 0 Å². The molecule has 0 aromatic heterocycles. The van der Waals surface area contributed by atoms with Gasteiger partial charge in [-0.25, -0.2) is 0 Å². The number of hydrogen-bond donors (Lipinski definition) is 1. The van der Waals surface area contributed by atoms with Crippen LogP contribution >= 0.6 is 0 Å². The number of aliphatic hydroxyl groups is 1. The molecule has 4 rings (SSSR count). The van der Waals surface area contributed by atoms with Crippen LogP contribution in [0.5, 0.6) is 0 Å². The van der Waals surface area contributed by atoms with Crippen molar-refractivity contribution >= 4 is 5.78 Å². The quantitative estimate of drug-likeness (QED) is 0.578. The van der Waals surface area contributed by atoms with Crippen LogP contribution in [0.4, 0.5) is 0 Å². The molecular weight excluding hydrogens is 324 g/mol. The zero-order valence-corrected chi connectivity index (χ0v) is 16.0. The van der Waals surface area contributed by atoms with Gasteiger partial charge in [0.25, 0.3) is 0 Å². The van der Waals surface area contributed by atoms with Crippen LogP contribution in [-0.2, 0) is 9.53 Å². The van der Waals surface area contributed by atoms with Gasteiger partial charge in [0, 0.05) is 17.8 Å². The fourth-order valence-electron chi connectivity index (χ4n) is 5.87. The predicted octanol–water partition coefficient (Wildman–Crippen LogP) is 3.74. The topological polar surface area (TPSA) is 46.5 Å². The lowest BCUT2D eigenvalue weighted by Crippen LogP contribution is -2.54. The second-order valence-corrected chi connectivity index (χ2v) is 8.70. The third-order valence-corrected chi connectivity index (χ3v) is 7.29. The summed E-state index contributed by atoms with van der Waals surface area (Å²) in [5, 5.41) is 11.4. The fourth-order valence-corrected chi connectivity index (χ4v) is 5.87. The van der Waals surface area contributed by atoms with Gasteiger partial charge in [-0.1, -0.05) is 25.0 Å². The number of fused-ring (bicyclic) bond motifs is 4. The third-order valence-electron chi connectivity index (χ3n) is 7.29. The molecule has 3 nitrogen and oxygen atoms in total. The molecule has 0 spiro atoms. The van der Waals surface area contributed by atoms with Gasteiger partial charge in [-0.2, -0.15) is 0 Å². The molecule has 1 unspecified atom stereocenters. The van der Waals surface area contributed by atoms with Crippen LogP contribution in [0.3, 0.4) is 0 Å². The summed E-state index contributed by atoms with van der Waals surface area (Å²) in [7, 11) is 0. The molecule has 0 radical (unpaired) electrons. The van der Waals surface area contributed by atoms with Gasteiger partial charge in [0.05, 0.1) is 12.7 Å². The van der Waals surface area contributed by atoms with Gasteiger partial charge in [-0.15, -0.1) is 5.92 Å². The van der Waals surface area contributed by atoms with Crippen molar-refractivity contribution in [1.29, 1.82) is 0 Å². The number of hydrogen-bond acceptors (Lipinski definition) is 3. The molecule has 0 saturated heterocycles. The van der Waals surface area contributed by atoms with E-state index in [1.165, 1.54) is 11.1 Å². The number of ether oxygens (including phenoxy) is 1. The standard InChI is InChI=1S/C23H28O3/c1-5-9-23(25)10-8-19-21-20(18(14(2)3)12-22(19,23)4)17-7-6-16(24)11-15(17)13-26-21/h11,18-19,21,25H,2,6-8,10,12-13H2,1,3-4H3/t18?,19-,21-,22-,23-/m0/s1. The summed E-state index contributed by atoms with van der Waals surface area (Å²) in [5.41, 5.74) is 3.56. The molecule has 4 aliphatic rings. The van der Waals surface area contributed by atoms with E-state index in [0.717, 1.165) is 30.4 Å². The molecule has 0 aromatic rings. The number of ketones is 1. The van der Waals surface area contributed by atoms with E-state index in [4.69, 9.17) is 4.74 Å². The summed E-state index contributed by atoms with van der Waals surface area (Å²) >= 11 is 0. The van der Waals surface area contributed by atoms with Crippen molar-refractivity contribution in [2.75, 3.05) is 6.61 Å². The highest BCUT2D eigenvalue weighted by atomic mass is 16.5. The first-order chi connectivity index (χ1) is 12.3. The number of rotatable bonds is 1. The van der Waals surface area contributed by atoms with Crippen LogP contribution in [0.1, 0.15) is 52.9 Å². The molecule has 138 valence electrons. The SMILES string of the molecule is C=C(C)C1C[C@@]2(C)[C@@H](CC[C@@]2(O)C#CC)[C@@H]2OCC3=CC(=O)CCC3=C12. The van der Waals surface area contributed by atoms with Gasteiger partial charge in [0.15, 0.2) is 5.78 Å². The normalized spacial score (nSPS) is 41.5. The molecule has 3 aliphatic carbocycles. The van der Waals surface area contributed by atoms with Crippen LogP contribution in [-0.4, -0.2) is 29.2 Å². The Balaban J connectivity index is 1.86. The lowest BCUT2D eigenvalue weighted by atomic mass is 9.55. The molecule has 1 aliphatic heterocycles. The summed E-state index contributed by atoms with van der Waals surface area (Å²) < 4.78 is 6.35. The number of carbonyl (C=O) groups is 1. The largest absolute Gasteiger partial charge is 0.377 e. The van der Waals surface area contributed by atoms with E-state index in [0.29, 0.717) is 19.4 Å². The van der Waals surface area contributed by atoms with Gasteiger partial charge >= 0.3 is 0 Å². The van der Waals surface area contributed by atoms with E-state index >= 15 is 0 Å². The molecule has 0 aromatic carbocycles. The maximum absolute atomic E-state index is 11.9. The van der Waals surface area contributed by atoms with Crippen molar-refractivity contribution < 1.29 is 14.6 Å². The Hall–Kier alpha value is -1.63. The van der Waals surface area contributed by atoms with Crippen molar-refractivity contribution in [2.24, 2.45) is 17.3 Å². The van der Waals surface area contributed by atoms with Gasteiger partial charge < -0.3 is 9.84 Å². The molecule has 0 amide bonds. The van der Waals surface area contributed by atoms with Gasteiger partial charge in [0.1, 0.15) is 5.60 Å². The van der Waals surface area contributed by atoms with E-state index in [1.807, 2.05) is 0 Å². The van der Waals surface area contributed by atoms with Crippen LogP contribution in [0.25, 0.3) is 0 Å². The summed E-state index contributed by atoms with van der Waals surface area (Å²) in [6, 6.07) is 0. The monoisotopic (exact) mass is 352 g/mol. The smallest absolute Gasteiger partial charge is 0.156 e. The van der Waals surface area contributed by atoms with E-state index in [1.54, 1.807) is 13.0 Å². The number of allylic oxidation sites excluding steroid dienone is 2. The van der Waals surface area contributed by atoms with Gasteiger partial charge in [-0.05, 0) is 68.2 Å². The Labute approximate surface area is 156 Å². The van der Waals surface area contributed by atoms with Gasteiger partial charge in [-0.3, -0.25) is 4.79 Å². The molecule has 2 fully saturated rings. The fraction of sp³-hybridized carbons (Fsp3) is 0.609. The molecule has 26 heavy (non-hydrogen) atoms. The van der Waals surface area contributed by atoms with Crippen LogP contribution in [0.15, 0.2) is 34.9 Å². The summed E-state index contributed by atoms with van der Waals surface area (Å²) in [4.78, 5) is 11.9. The Morgan fingerprint density at radius 2 is 2.19 bits per heavy atom. The lowest BCUT2D eigenvalue weighted by molar-refractivity contribution is -0.115. The third kappa shape index (κ3) is 2.32. The highest BCUT2D eigenvalue weighted by Crippen LogP contribution is 2.63. The minimum absolute atomic E-state index is 0.00323. The molecule has 1 N–H and O–H groups in total. The Bertz CT molecular complexity index is 805. The highest BCUT2D eigenvalue weighted by molar-refractivity contribution is 5.93. The average molecular weight is 352 g/mol. The van der Waals surface area contributed by atoms with Crippen molar-refractivity contribution in [3.05, 3.63) is 34.9 Å². The van der Waals surface area contributed by atoms with E-state index < -0.39 is 5.60 Å². The molecule has 0 bridgehead atoms. The highest BCUT2D eigenvalue weighted by Gasteiger charge is 2.63. The summed E-state index contributed by atoms with van der Waals surface area (Å²) in [5.74, 6) is 6.71. The number of carbonyl (C=O) groups excluding carboxylic acids is 1. The van der Waals surface area contributed by atoms with E-state index in [-0.39, 0.29) is 29.1 Å². The molecule has 2 saturated carbocycles. The Morgan fingerprint density at radius 3 is 2.88 bits per heavy atom. The average Bonchev–Trinajstić information content (AvgIpc) is 2.85. The first-order valence-electron chi connectivity index (χ1n) is 9.71. The van der Waals surface area contributed by atoms with Gasteiger partial charge in [0.2, 0.25) is 0 Å². The van der Waals surface area contributed by atoms with Crippen molar-refractivity contribution in [3.8, 4) is 11.8 Å². The second-order valence-electron chi connectivity index (χ2n) is 8.70. The first kappa shape index (κ1) is 17.8. The van der Waals surface area contributed by atoms with Crippen molar-refractivity contribution in [3.63, 3.8) is 0 Å². The van der Waals surface area contributed by atoms with Crippen LogP contribution in [0, 0.1) is 29.1 Å². The Morgan fingerprint density at radius 1 is 1.42 bits per heavy atom. The minimum Gasteiger partial charge on any atom is -0.377 e.